The van der Waals surface area contributed by atoms with E-state index in [4.69, 9.17) is 9.47 Å². The van der Waals surface area contributed by atoms with Crippen LogP contribution in [0.1, 0.15) is 25.3 Å². The molecule has 0 aliphatic heterocycles. The number of methoxy groups -OCH3 is 2. The average molecular weight is 249 g/mol. The molecule has 1 aliphatic carbocycles. The first-order chi connectivity index (χ1) is 8.65. The van der Waals surface area contributed by atoms with Crippen LogP contribution in [0.25, 0.3) is 0 Å². The van der Waals surface area contributed by atoms with Crippen LogP contribution in [-0.4, -0.2) is 27.8 Å². The maximum Gasteiger partial charge on any atom is 0.161 e. The van der Waals surface area contributed by atoms with Crippen molar-refractivity contribution in [1.82, 2.24) is 5.32 Å². The standard InChI is InChI=1S/C15H23NO2/c1-11-8-15(9-11,10-16-2)12-5-6-13(17-3)14(7-12)18-4/h5-7,11,16H,8-10H2,1-4H3. The molecule has 0 saturated heterocycles. The Labute approximate surface area is 109 Å². The molecular weight excluding hydrogens is 226 g/mol. The van der Waals surface area contributed by atoms with Gasteiger partial charge in [-0.3, -0.25) is 0 Å². The third-order valence-corrected chi connectivity index (χ3v) is 3.99. The molecule has 0 atom stereocenters. The maximum absolute atomic E-state index is 5.40. The van der Waals surface area contributed by atoms with Crippen LogP contribution in [0.5, 0.6) is 11.5 Å². The normalized spacial score (nSPS) is 26.6. The summed E-state index contributed by atoms with van der Waals surface area (Å²) in [6.07, 6.45) is 2.48. The fourth-order valence-corrected chi connectivity index (χ4v) is 3.26. The fourth-order valence-electron chi connectivity index (χ4n) is 3.26. The van der Waals surface area contributed by atoms with Crippen LogP contribution in [0, 0.1) is 5.92 Å². The van der Waals surface area contributed by atoms with Crippen molar-refractivity contribution in [2.75, 3.05) is 27.8 Å². The second kappa shape index (κ2) is 5.19. The molecule has 2 rings (SSSR count). The van der Waals surface area contributed by atoms with Crippen LogP contribution in [0.15, 0.2) is 18.2 Å². The minimum Gasteiger partial charge on any atom is -0.493 e. The maximum atomic E-state index is 5.40. The van der Waals surface area contributed by atoms with Gasteiger partial charge in [0.25, 0.3) is 0 Å². The van der Waals surface area contributed by atoms with Crippen molar-refractivity contribution in [3.05, 3.63) is 23.8 Å². The van der Waals surface area contributed by atoms with E-state index in [0.717, 1.165) is 24.0 Å². The minimum absolute atomic E-state index is 0.272. The second-order valence-electron chi connectivity index (χ2n) is 5.39. The van der Waals surface area contributed by atoms with E-state index < -0.39 is 0 Å². The lowest BCUT2D eigenvalue weighted by Crippen LogP contribution is -2.47. The van der Waals surface area contributed by atoms with Gasteiger partial charge in [-0.2, -0.15) is 0 Å². The van der Waals surface area contributed by atoms with E-state index in [-0.39, 0.29) is 5.41 Å². The number of ether oxygens (including phenoxy) is 2. The van der Waals surface area contributed by atoms with Crippen LogP contribution in [0.2, 0.25) is 0 Å². The average Bonchev–Trinajstić information content (AvgIpc) is 2.36. The summed E-state index contributed by atoms with van der Waals surface area (Å²) >= 11 is 0. The van der Waals surface area contributed by atoms with Gasteiger partial charge in [-0.05, 0) is 43.5 Å². The van der Waals surface area contributed by atoms with Gasteiger partial charge < -0.3 is 14.8 Å². The summed E-state index contributed by atoms with van der Waals surface area (Å²) in [5.41, 5.74) is 1.63. The van der Waals surface area contributed by atoms with E-state index >= 15 is 0 Å². The zero-order valence-electron chi connectivity index (χ0n) is 11.7. The fraction of sp³-hybridized carbons (Fsp3) is 0.600. The van der Waals surface area contributed by atoms with Crippen molar-refractivity contribution < 1.29 is 9.47 Å². The molecule has 0 bridgehead atoms. The molecule has 0 aromatic heterocycles. The van der Waals surface area contributed by atoms with Gasteiger partial charge in [0.05, 0.1) is 14.2 Å². The highest BCUT2D eigenvalue weighted by Gasteiger charge is 2.43. The molecule has 1 aromatic rings. The highest BCUT2D eigenvalue weighted by Crippen LogP contribution is 2.48. The smallest absolute Gasteiger partial charge is 0.161 e. The van der Waals surface area contributed by atoms with Crippen molar-refractivity contribution >= 4 is 0 Å². The number of nitrogens with one attached hydrogen (secondary N) is 1. The number of likely N-dealkylation sites (N-methyl/N-ethyl adjacent to an activating group) is 1. The van der Waals surface area contributed by atoms with Gasteiger partial charge in [-0.25, -0.2) is 0 Å². The Bertz CT molecular complexity index is 405. The molecule has 0 unspecified atom stereocenters. The zero-order valence-corrected chi connectivity index (χ0v) is 11.7. The number of rotatable bonds is 5. The molecule has 0 amide bonds. The molecule has 3 nitrogen and oxygen atoms in total. The summed E-state index contributed by atoms with van der Waals surface area (Å²) in [6.45, 7) is 3.33. The Kier molecular flexibility index (Phi) is 3.81. The lowest BCUT2D eigenvalue weighted by atomic mass is 9.59. The molecule has 1 fully saturated rings. The van der Waals surface area contributed by atoms with E-state index in [1.165, 1.54) is 18.4 Å². The van der Waals surface area contributed by atoms with Crippen molar-refractivity contribution in [3.8, 4) is 11.5 Å². The summed E-state index contributed by atoms with van der Waals surface area (Å²) < 4.78 is 10.7. The Hall–Kier alpha value is -1.22. The van der Waals surface area contributed by atoms with Gasteiger partial charge in [0.2, 0.25) is 0 Å². The first-order valence-corrected chi connectivity index (χ1v) is 6.52. The summed E-state index contributed by atoms with van der Waals surface area (Å²) in [7, 11) is 5.38. The first-order valence-electron chi connectivity index (χ1n) is 6.52. The van der Waals surface area contributed by atoms with Gasteiger partial charge in [-0.1, -0.05) is 13.0 Å². The van der Waals surface area contributed by atoms with E-state index in [2.05, 4.69) is 24.4 Å². The van der Waals surface area contributed by atoms with Crippen LogP contribution >= 0.6 is 0 Å². The number of hydrogen-bond acceptors (Lipinski definition) is 3. The Balaban J connectivity index is 2.31. The van der Waals surface area contributed by atoms with Crippen LogP contribution in [0.4, 0.5) is 0 Å². The predicted molar refractivity (Wildman–Crippen MR) is 73.5 cm³/mol. The molecule has 1 aromatic carbocycles. The van der Waals surface area contributed by atoms with Gasteiger partial charge in [0, 0.05) is 12.0 Å². The van der Waals surface area contributed by atoms with Gasteiger partial charge in [-0.15, -0.1) is 0 Å². The summed E-state index contributed by atoms with van der Waals surface area (Å²) in [5.74, 6) is 2.43. The zero-order chi connectivity index (χ0) is 13.2. The van der Waals surface area contributed by atoms with Crippen LogP contribution < -0.4 is 14.8 Å². The minimum atomic E-state index is 0.272. The molecule has 18 heavy (non-hydrogen) atoms. The molecule has 0 spiro atoms. The number of hydrogen-bond donors (Lipinski definition) is 1. The predicted octanol–water partition coefficient (Wildman–Crippen LogP) is 2.59. The lowest BCUT2D eigenvalue weighted by Gasteiger charge is -2.47. The van der Waals surface area contributed by atoms with E-state index in [0.29, 0.717) is 0 Å². The molecule has 1 saturated carbocycles. The summed E-state index contributed by atoms with van der Waals surface area (Å²) in [6, 6.07) is 6.31. The van der Waals surface area contributed by atoms with Crippen molar-refractivity contribution in [3.63, 3.8) is 0 Å². The first kappa shape index (κ1) is 13.2. The Morgan fingerprint density at radius 1 is 1.22 bits per heavy atom. The van der Waals surface area contributed by atoms with Gasteiger partial charge in [0.1, 0.15) is 0 Å². The van der Waals surface area contributed by atoms with Crippen LogP contribution in [0.3, 0.4) is 0 Å². The monoisotopic (exact) mass is 249 g/mol. The van der Waals surface area contributed by atoms with Crippen molar-refractivity contribution in [1.29, 1.82) is 0 Å². The highest BCUT2D eigenvalue weighted by atomic mass is 16.5. The summed E-state index contributed by atoms with van der Waals surface area (Å²) in [5, 5.41) is 3.32. The topological polar surface area (TPSA) is 30.5 Å². The third-order valence-electron chi connectivity index (χ3n) is 3.99. The SMILES string of the molecule is CNCC1(c2ccc(OC)c(OC)c2)CC(C)C1. The van der Waals surface area contributed by atoms with Crippen molar-refractivity contribution in [2.24, 2.45) is 5.92 Å². The molecule has 1 aliphatic rings. The molecule has 1 N–H and O–H groups in total. The van der Waals surface area contributed by atoms with Gasteiger partial charge >= 0.3 is 0 Å². The second-order valence-corrected chi connectivity index (χ2v) is 5.39. The van der Waals surface area contributed by atoms with Gasteiger partial charge in [0.15, 0.2) is 11.5 Å². The van der Waals surface area contributed by atoms with Crippen molar-refractivity contribution in [2.45, 2.75) is 25.2 Å². The Morgan fingerprint density at radius 2 is 1.89 bits per heavy atom. The quantitative estimate of drug-likeness (QED) is 0.870. The largest absolute Gasteiger partial charge is 0.493 e. The molecule has 0 radical (unpaired) electrons. The highest BCUT2D eigenvalue weighted by molar-refractivity contribution is 5.46. The lowest BCUT2D eigenvalue weighted by molar-refractivity contribution is 0.155. The third kappa shape index (κ3) is 2.19. The number of benzene rings is 1. The molecule has 3 heteroatoms. The Morgan fingerprint density at radius 3 is 2.39 bits per heavy atom. The van der Waals surface area contributed by atoms with E-state index in [1.807, 2.05) is 13.1 Å². The van der Waals surface area contributed by atoms with E-state index in [1.54, 1.807) is 14.2 Å². The summed E-state index contributed by atoms with van der Waals surface area (Å²) in [4.78, 5) is 0. The molecular formula is C15H23NO2. The van der Waals surface area contributed by atoms with E-state index in [9.17, 15) is 0 Å². The van der Waals surface area contributed by atoms with Crippen LogP contribution in [-0.2, 0) is 5.41 Å². The molecule has 100 valence electrons. The molecule has 0 heterocycles.